The van der Waals surface area contributed by atoms with Gasteiger partial charge in [0.1, 0.15) is 35.3 Å². The van der Waals surface area contributed by atoms with Crippen molar-refractivity contribution in [2.24, 2.45) is 0 Å². The van der Waals surface area contributed by atoms with E-state index in [1.807, 2.05) is 70.2 Å². The zero-order valence-electron chi connectivity index (χ0n) is 36.6. The Balaban J connectivity index is 1.19. The fourth-order valence-corrected chi connectivity index (χ4v) is 10.8. The number of ether oxygens (including phenoxy) is 3. The van der Waals surface area contributed by atoms with Crippen LogP contribution >= 0.6 is 11.6 Å². The minimum atomic E-state index is -1.02. The van der Waals surface area contributed by atoms with Gasteiger partial charge in [-0.3, -0.25) is 14.7 Å². The van der Waals surface area contributed by atoms with E-state index in [2.05, 4.69) is 41.3 Å². The fraction of sp³-hybridized carbons (Fsp3) is 0.353. The Morgan fingerprint density at radius 1 is 0.955 bits per heavy atom. The van der Waals surface area contributed by atoms with E-state index in [9.17, 15) is 14.3 Å². The Hall–Kier alpha value is -6.06. The number of hydrogen-bond acceptors (Lipinski definition) is 11. The second-order valence-corrected chi connectivity index (χ2v) is 17.9. The van der Waals surface area contributed by atoms with Gasteiger partial charge in [0.15, 0.2) is 5.82 Å². The van der Waals surface area contributed by atoms with Crippen molar-refractivity contribution in [1.82, 2.24) is 29.6 Å². The maximum Gasteiger partial charge on any atom is 0.319 e. The lowest BCUT2D eigenvalue weighted by Gasteiger charge is -2.37. The highest BCUT2D eigenvalue weighted by atomic mass is 35.5. The van der Waals surface area contributed by atoms with Gasteiger partial charge in [-0.15, -0.1) is 0 Å². The summed E-state index contributed by atoms with van der Waals surface area (Å²) >= 11 is 7.41. The predicted octanol–water partition coefficient (Wildman–Crippen LogP) is 8.32. The SMILES string of the molecule is CC(=O)OCCCc1c(Cl)cc2c(cnn2C(c2ccccc2)(c2ccccc2)c2ccccc2)c1-c1ncc2c(N3CCOC[C@@H](O)C3)nc(OC[C@@]34CCCN3C[C@H](F)C4)nc2c1F. The number of halogens is 3. The number of aromatic nitrogens is 5. The van der Waals surface area contributed by atoms with Crippen LogP contribution < -0.4 is 9.64 Å². The topological polar surface area (TPSA) is 128 Å². The standard InChI is InChI=1S/C51H50ClF2N7O5/c1-33(62)65-23-11-19-39-42(52)25-43-40(28-56-61(43)51(34-13-5-2-6-14-34,35-15-7-3-8-16-35)36-17-9-4-10-18-36)44(39)47-45(54)46-41(27-55-47)48(59-22-24-64-31-38(63)30-59)58-49(57-46)66-32-50-20-12-21-60(50)29-37(53)26-50/h2-10,13-18,25,27-28,37-38,63H,11-12,19-24,26,29-32H2,1H3/t37-,38+,50+/m1/s1. The van der Waals surface area contributed by atoms with Gasteiger partial charge in [0, 0.05) is 55.1 Å². The quantitative estimate of drug-likeness (QED) is 0.0682. The first-order valence-corrected chi connectivity index (χ1v) is 22.9. The minimum absolute atomic E-state index is 0.0202. The molecule has 3 saturated heterocycles. The number of anilines is 1. The van der Waals surface area contributed by atoms with Crippen molar-refractivity contribution in [2.45, 2.75) is 62.4 Å². The van der Waals surface area contributed by atoms with Gasteiger partial charge in [0.25, 0.3) is 0 Å². The minimum Gasteiger partial charge on any atom is -0.466 e. The fourth-order valence-electron chi connectivity index (χ4n) is 10.5. The number of alkyl halides is 1. The Kier molecular flexibility index (Phi) is 12.2. The molecule has 0 saturated carbocycles. The summed E-state index contributed by atoms with van der Waals surface area (Å²) < 4.78 is 52.3. The van der Waals surface area contributed by atoms with Crippen molar-refractivity contribution in [3.05, 3.63) is 143 Å². The van der Waals surface area contributed by atoms with Gasteiger partial charge < -0.3 is 24.2 Å². The molecule has 3 aromatic heterocycles. The number of nitrogens with zero attached hydrogens (tertiary/aromatic N) is 7. The summed E-state index contributed by atoms with van der Waals surface area (Å²) in [5.74, 6) is -0.817. The number of pyridine rings is 1. The van der Waals surface area contributed by atoms with Crippen LogP contribution in [-0.4, -0.2) is 111 Å². The molecule has 66 heavy (non-hydrogen) atoms. The summed E-state index contributed by atoms with van der Waals surface area (Å²) in [4.78, 5) is 30.2. The number of fused-ring (bicyclic) bond motifs is 3. The number of benzene rings is 4. The molecule has 3 aliphatic rings. The molecule has 0 aliphatic carbocycles. The van der Waals surface area contributed by atoms with E-state index < -0.39 is 35.1 Å². The molecule has 340 valence electrons. The lowest BCUT2D eigenvalue weighted by molar-refractivity contribution is -0.141. The molecule has 1 N–H and O–H groups in total. The maximum absolute atomic E-state index is 18.1. The molecular weight excluding hydrogens is 864 g/mol. The second kappa shape index (κ2) is 18.3. The van der Waals surface area contributed by atoms with Crippen LogP contribution in [0.2, 0.25) is 5.02 Å². The lowest BCUT2D eigenvalue weighted by Crippen LogP contribution is -2.43. The summed E-state index contributed by atoms with van der Waals surface area (Å²) in [6, 6.07) is 32.1. The van der Waals surface area contributed by atoms with E-state index in [4.69, 9.17) is 45.9 Å². The van der Waals surface area contributed by atoms with Crippen LogP contribution in [0.4, 0.5) is 14.6 Å². The summed E-state index contributed by atoms with van der Waals surface area (Å²) in [6.45, 7) is 3.72. The molecule has 12 nitrogen and oxygen atoms in total. The van der Waals surface area contributed by atoms with Crippen LogP contribution in [0.25, 0.3) is 33.1 Å². The van der Waals surface area contributed by atoms with E-state index in [1.165, 1.54) is 6.92 Å². The Bertz CT molecular complexity index is 2780. The first-order chi connectivity index (χ1) is 32.2. The van der Waals surface area contributed by atoms with E-state index in [0.29, 0.717) is 77.2 Å². The number of aliphatic hydroxyl groups is 1. The van der Waals surface area contributed by atoms with Crippen LogP contribution in [0.5, 0.6) is 6.01 Å². The average molecular weight is 914 g/mol. The van der Waals surface area contributed by atoms with Gasteiger partial charge >= 0.3 is 12.0 Å². The number of carbonyl (C=O) groups excluding carboxylic acids is 1. The van der Waals surface area contributed by atoms with E-state index in [-0.39, 0.29) is 43.6 Å². The number of aliphatic hydroxyl groups excluding tert-OH is 1. The lowest BCUT2D eigenvalue weighted by atomic mass is 9.77. The summed E-state index contributed by atoms with van der Waals surface area (Å²) in [5, 5.41) is 17.3. The van der Waals surface area contributed by atoms with Gasteiger partial charge in [-0.2, -0.15) is 15.1 Å². The number of esters is 1. The third kappa shape index (κ3) is 7.93. The van der Waals surface area contributed by atoms with Gasteiger partial charge in [-0.25, -0.2) is 13.5 Å². The van der Waals surface area contributed by atoms with Gasteiger partial charge in [-0.1, -0.05) is 103 Å². The number of β-amino-alcohol motifs (C(OH)–C–C–N with tert-alkyl or cyclic N) is 1. The summed E-state index contributed by atoms with van der Waals surface area (Å²) in [7, 11) is 0. The molecule has 15 heteroatoms. The van der Waals surface area contributed by atoms with Gasteiger partial charge in [0.05, 0.1) is 48.6 Å². The highest BCUT2D eigenvalue weighted by Gasteiger charge is 2.49. The highest BCUT2D eigenvalue weighted by Crippen LogP contribution is 2.46. The average Bonchev–Trinajstić information content (AvgIpc) is 3.96. The number of rotatable bonds is 13. The summed E-state index contributed by atoms with van der Waals surface area (Å²) in [5.41, 5.74) is 2.83. The van der Waals surface area contributed by atoms with Crippen molar-refractivity contribution in [3.8, 4) is 17.3 Å². The molecule has 4 aromatic carbocycles. The molecule has 0 radical (unpaired) electrons. The predicted molar refractivity (Wildman–Crippen MR) is 248 cm³/mol. The normalized spacial score (nSPS) is 20.2. The first-order valence-electron chi connectivity index (χ1n) is 22.5. The molecule has 6 heterocycles. The van der Waals surface area contributed by atoms with Gasteiger partial charge in [0.2, 0.25) is 0 Å². The van der Waals surface area contributed by atoms with Crippen molar-refractivity contribution in [2.75, 3.05) is 57.5 Å². The number of carbonyl (C=O) groups is 1. The summed E-state index contributed by atoms with van der Waals surface area (Å²) in [6.07, 6.45) is 4.22. The monoisotopic (exact) mass is 913 g/mol. The highest BCUT2D eigenvalue weighted by molar-refractivity contribution is 6.33. The third-order valence-corrected chi connectivity index (χ3v) is 13.7. The van der Waals surface area contributed by atoms with E-state index >= 15 is 4.39 Å². The maximum atomic E-state index is 18.1. The molecule has 0 unspecified atom stereocenters. The molecule has 0 bridgehead atoms. The molecule has 0 spiro atoms. The molecule has 3 aliphatic heterocycles. The first kappa shape index (κ1) is 43.8. The van der Waals surface area contributed by atoms with Gasteiger partial charge in [-0.05, 0) is 60.5 Å². The van der Waals surface area contributed by atoms with Crippen LogP contribution in [0.1, 0.15) is 54.9 Å². The molecule has 10 rings (SSSR count). The number of hydrogen-bond donors (Lipinski definition) is 1. The van der Waals surface area contributed by atoms with Crippen LogP contribution in [0, 0.1) is 5.82 Å². The van der Waals surface area contributed by atoms with Crippen molar-refractivity contribution in [1.29, 1.82) is 0 Å². The third-order valence-electron chi connectivity index (χ3n) is 13.4. The van der Waals surface area contributed by atoms with Crippen molar-refractivity contribution < 1.29 is 32.9 Å². The van der Waals surface area contributed by atoms with Crippen molar-refractivity contribution in [3.63, 3.8) is 0 Å². The zero-order chi connectivity index (χ0) is 45.4. The largest absolute Gasteiger partial charge is 0.466 e. The van der Waals surface area contributed by atoms with Crippen LogP contribution in [-0.2, 0) is 26.2 Å². The van der Waals surface area contributed by atoms with E-state index in [1.54, 1.807) is 12.4 Å². The molecule has 3 atom stereocenters. The van der Waals surface area contributed by atoms with Crippen LogP contribution in [0.15, 0.2) is 109 Å². The van der Waals surface area contributed by atoms with Crippen LogP contribution in [0.3, 0.4) is 0 Å². The Morgan fingerprint density at radius 2 is 1.65 bits per heavy atom. The smallest absolute Gasteiger partial charge is 0.319 e. The molecule has 3 fully saturated rings. The zero-order valence-corrected chi connectivity index (χ0v) is 37.3. The Labute approximate surface area is 386 Å². The Morgan fingerprint density at radius 3 is 2.33 bits per heavy atom. The molecule has 7 aromatic rings. The second-order valence-electron chi connectivity index (χ2n) is 17.5. The van der Waals surface area contributed by atoms with Crippen molar-refractivity contribution >= 4 is 45.2 Å². The van der Waals surface area contributed by atoms with E-state index in [0.717, 1.165) is 36.1 Å². The molecular formula is C51H50ClF2N7O5. The molecule has 0 amide bonds.